The van der Waals surface area contributed by atoms with E-state index in [4.69, 9.17) is 4.74 Å². The van der Waals surface area contributed by atoms with Crippen LogP contribution in [0.3, 0.4) is 0 Å². The lowest BCUT2D eigenvalue weighted by Gasteiger charge is -2.17. The Morgan fingerprint density at radius 3 is 2.84 bits per heavy atom. The molecule has 0 bridgehead atoms. The van der Waals surface area contributed by atoms with Crippen LogP contribution in [0.25, 0.3) is 0 Å². The summed E-state index contributed by atoms with van der Waals surface area (Å²) in [6.07, 6.45) is 4.54. The minimum Gasteiger partial charge on any atom is -0.383 e. The number of amides is 2. The zero-order chi connectivity index (χ0) is 17.6. The largest absolute Gasteiger partial charge is 0.383 e. The SMILES string of the molecule is COCCN1C[C@H](C(=O)NCc2ccc(N3CCCC3)nc2)CC1=O. The van der Waals surface area contributed by atoms with E-state index in [-0.39, 0.29) is 24.2 Å². The number of nitrogens with one attached hydrogen (secondary N) is 1. The normalized spacial score (nSPS) is 20.4. The van der Waals surface area contributed by atoms with Gasteiger partial charge in [-0.3, -0.25) is 9.59 Å². The second-order valence-corrected chi connectivity index (χ2v) is 6.67. The highest BCUT2D eigenvalue weighted by Gasteiger charge is 2.33. The number of methoxy groups -OCH3 is 1. The molecule has 1 aromatic heterocycles. The van der Waals surface area contributed by atoms with E-state index in [0.717, 1.165) is 24.5 Å². The molecule has 0 radical (unpaired) electrons. The van der Waals surface area contributed by atoms with Gasteiger partial charge in [-0.15, -0.1) is 0 Å². The number of aromatic nitrogens is 1. The molecule has 1 atom stereocenters. The number of hydrogen-bond acceptors (Lipinski definition) is 5. The van der Waals surface area contributed by atoms with Crippen LogP contribution in [0.2, 0.25) is 0 Å². The van der Waals surface area contributed by atoms with Crippen molar-refractivity contribution < 1.29 is 14.3 Å². The second kappa shape index (κ2) is 8.29. The summed E-state index contributed by atoms with van der Waals surface area (Å²) in [6.45, 7) is 4.09. The molecule has 0 spiro atoms. The van der Waals surface area contributed by atoms with Gasteiger partial charge in [-0.2, -0.15) is 0 Å². The van der Waals surface area contributed by atoms with E-state index in [1.165, 1.54) is 12.8 Å². The summed E-state index contributed by atoms with van der Waals surface area (Å²) in [7, 11) is 1.60. The van der Waals surface area contributed by atoms with E-state index in [1.54, 1.807) is 12.0 Å². The maximum Gasteiger partial charge on any atom is 0.225 e. The number of likely N-dealkylation sites (tertiary alicyclic amines) is 1. The minimum absolute atomic E-state index is 0.0221. The van der Waals surface area contributed by atoms with Crippen molar-refractivity contribution >= 4 is 17.6 Å². The molecule has 1 aromatic rings. The van der Waals surface area contributed by atoms with Crippen LogP contribution in [0.5, 0.6) is 0 Å². The molecule has 0 aliphatic carbocycles. The molecule has 3 rings (SSSR count). The number of anilines is 1. The van der Waals surface area contributed by atoms with E-state index in [9.17, 15) is 9.59 Å². The molecule has 2 amide bonds. The minimum atomic E-state index is -0.277. The molecule has 0 unspecified atom stereocenters. The van der Waals surface area contributed by atoms with Crippen LogP contribution in [0.1, 0.15) is 24.8 Å². The average molecular weight is 346 g/mol. The van der Waals surface area contributed by atoms with Gasteiger partial charge in [0.1, 0.15) is 5.82 Å². The summed E-state index contributed by atoms with van der Waals surface area (Å²) < 4.78 is 4.99. The molecule has 0 saturated carbocycles. The lowest BCUT2D eigenvalue weighted by Crippen LogP contribution is -2.33. The molecule has 136 valence electrons. The van der Waals surface area contributed by atoms with Gasteiger partial charge in [0.2, 0.25) is 11.8 Å². The molecule has 2 aliphatic heterocycles. The van der Waals surface area contributed by atoms with Crippen molar-refractivity contribution in [1.29, 1.82) is 0 Å². The van der Waals surface area contributed by atoms with Gasteiger partial charge < -0.3 is 19.9 Å². The maximum absolute atomic E-state index is 12.3. The lowest BCUT2D eigenvalue weighted by molar-refractivity contribution is -0.129. The highest BCUT2D eigenvalue weighted by atomic mass is 16.5. The van der Waals surface area contributed by atoms with Crippen LogP contribution in [0, 0.1) is 5.92 Å². The second-order valence-electron chi connectivity index (χ2n) is 6.67. The van der Waals surface area contributed by atoms with Crippen LogP contribution >= 0.6 is 0 Å². The Morgan fingerprint density at radius 2 is 2.16 bits per heavy atom. The first-order valence-corrected chi connectivity index (χ1v) is 8.91. The Balaban J connectivity index is 1.46. The van der Waals surface area contributed by atoms with Gasteiger partial charge in [0, 0.05) is 52.5 Å². The van der Waals surface area contributed by atoms with E-state index in [1.807, 2.05) is 18.3 Å². The summed E-state index contributed by atoms with van der Waals surface area (Å²) in [5.41, 5.74) is 0.969. The van der Waals surface area contributed by atoms with Crippen molar-refractivity contribution in [3.05, 3.63) is 23.9 Å². The highest BCUT2D eigenvalue weighted by Crippen LogP contribution is 2.19. The summed E-state index contributed by atoms with van der Waals surface area (Å²) in [5, 5.41) is 2.92. The van der Waals surface area contributed by atoms with Crippen LogP contribution in [0.4, 0.5) is 5.82 Å². The number of pyridine rings is 1. The zero-order valence-corrected chi connectivity index (χ0v) is 14.7. The molecular weight excluding hydrogens is 320 g/mol. The molecule has 0 aromatic carbocycles. The van der Waals surface area contributed by atoms with Gasteiger partial charge in [-0.05, 0) is 24.5 Å². The third-order valence-corrected chi connectivity index (χ3v) is 4.86. The number of carbonyl (C=O) groups excluding carboxylic acids is 2. The van der Waals surface area contributed by atoms with Crippen molar-refractivity contribution in [3.63, 3.8) is 0 Å². The number of hydrogen-bond donors (Lipinski definition) is 1. The van der Waals surface area contributed by atoms with E-state index in [2.05, 4.69) is 15.2 Å². The Morgan fingerprint density at radius 1 is 1.36 bits per heavy atom. The van der Waals surface area contributed by atoms with Crippen LogP contribution in [-0.4, -0.2) is 61.6 Å². The molecule has 2 saturated heterocycles. The lowest BCUT2D eigenvalue weighted by atomic mass is 10.1. The molecule has 7 nitrogen and oxygen atoms in total. The van der Waals surface area contributed by atoms with E-state index in [0.29, 0.717) is 26.2 Å². The van der Waals surface area contributed by atoms with Gasteiger partial charge in [0.25, 0.3) is 0 Å². The fourth-order valence-electron chi connectivity index (χ4n) is 3.35. The van der Waals surface area contributed by atoms with Gasteiger partial charge in [-0.25, -0.2) is 4.98 Å². The molecule has 25 heavy (non-hydrogen) atoms. The van der Waals surface area contributed by atoms with Crippen molar-refractivity contribution in [2.45, 2.75) is 25.8 Å². The molecule has 2 aliphatic rings. The molecule has 2 fully saturated rings. The van der Waals surface area contributed by atoms with Crippen molar-refractivity contribution in [3.8, 4) is 0 Å². The number of nitrogens with zero attached hydrogens (tertiary/aromatic N) is 3. The van der Waals surface area contributed by atoms with Gasteiger partial charge in [0.05, 0.1) is 12.5 Å². The van der Waals surface area contributed by atoms with Crippen LogP contribution in [-0.2, 0) is 20.9 Å². The molecular formula is C18H26N4O3. The third-order valence-electron chi connectivity index (χ3n) is 4.86. The monoisotopic (exact) mass is 346 g/mol. The van der Waals surface area contributed by atoms with Gasteiger partial charge in [0.15, 0.2) is 0 Å². The summed E-state index contributed by atoms with van der Waals surface area (Å²) in [6, 6.07) is 4.02. The maximum atomic E-state index is 12.3. The predicted octanol–water partition coefficient (Wildman–Crippen LogP) is 0.793. The molecule has 7 heteroatoms. The average Bonchev–Trinajstić information content (AvgIpc) is 3.28. The quantitative estimate of drug-likeness (QED) is 0.790. The Kier molecular flexibility index (Phi) is 5.86. The topological polar surface area (TPSA) is 74.8 Å². The summed E-state index contributed by atoms with van der Waals surface area (Å²) in [5.74, 6) is 0.676. The highest BCUT2D eigenvalue weighted by molar-refractivity contribution is 5.89. The number of carbonyl (C=O) groups is 2. The van der Waals surface area contributed by atoms with Crippen LogP contribution < -0.4 is 10.2 Å². The first-order valence-electron chi connectivity index (χ1n) is 8.91. The van der Waals surface area contributed by atoms with E-state index < -0.39 is 0 Å². The fraction of sp³-hybridized carbons (Fsp3) is 0.611. The summed E-state index contributed by atoms with van der Waals surface area (Å²) in [4.78, 5) is 32.7. The molecule has 1 N–H and O–H groups in total. The fourth-order valence-corrected chi connectivity index (χ4v) is 3.35. The smallest absolute Gasteiger partial charge is 0.225 e. The Bertz CT molecular complexity index is 599. The van der Waals surface area contributed by atoms with Crippen molar-refractivity contribution in [1.82, 2.24) is 15.2 Å². The van der Waals surface area contributed by atoms with Gasteiger partial charge in [-0.1, -0.05) is 6.07 Å². The van der Waals surface area contributed by atoms with Crippen molar-refractivity contribution in [2.24, 2.45) is 5.92 Å². The summed E-state index contributed by atoms with van der Waals surface area (Å²) >= 11 is 0. The Labute approximate surface area is 148 Å². The van der Waals surface area contributed by atoms with Gasteiger partial charge >= 0.3 is 0 Å². The third kappa shape index (κ3) is 4.48. The first-order chi connectivity index (χ1) is 12.2. The Hall–Kier alpha value is -2.15. The predicted molar refractivity (Wildman–Crippen MR) is 94.1 cm³/mol. The zero-order valence-electron chi connectivity index (χ0n) is 14.7. The van der Waals surface area contributed by atoms with Crippen molar-refractivity contribution in [2.75, 3.05) is 44.8 Å². The number of rotatable bonds is 7. The molecule has 3 heterocycles. The van der Waals surface area contributed by atoms with Crippen LogP contribution in [0.15, 0.2) is 18.3 Å². The number of ether oxygens (including phenoxy) is 1. The standard InChI is InChI=1S/C18H26N4O3/c1-25-9-8-22-13-15(10-17(22)23)18(24)20-12-14-4-5-16(19-11-14)21-6-2-3-7-21/h4-5,11,15H,2-3,6-10,12-13H2,1H3,(H,20,24)/t15-/m1/s1. The first kappa shape index (κ1) is 17.7. The van der Waals surface area contributed by atoms with E-state index >= 15 is 0 Å².